The van der Waals surface area contributed by atoms with E-state index in [0.717, 1.165) is 0 Å². The van der Waals surface area contributed by atoms with E-state index in [4.69, 9.17) is 4.74 Å². The normalized spacial score (nSPS) is 16.1. The summed E-state index contributed by atoms with van der Waals surface area (Å²) in [5, 5.41) is 10.6. The largest absolute Gasteiger partial charge is 0.457 e. The second kappa shape index (κ2) is 7.95. The molecule has 144 valence electrons. The Bertz CT molecular complexity index is 926. The fourth-order valence-electron chi connectivity index (χ4n) is 2.84. The van der Waals surface area contributed by atoms with Crippen molar-refractivity contribution in [2.45, 2.75) is 6.42 Å². The molecule has 1 heterocycles. The molecule has 0 N–H and O–H groups in total. The van der Waals surface area contributed by atoms with Gasteiger partial charge in [-0.3, -0.25) is 24.5 Å². The zero-order chi connectivity index (χ0) is 20.3. The van der Waals surface area contributed by atoms with Gasteiger partial charge in [0.15, 0.2) is 12.4 Å². The number of anilines is 1. The van der Waals surface area contributed by atoms with Gasteiger partial charge in [-0.25, -0.2) is 4.39 Å². The molecule has 9 heteroatoms. The average Bonchev–Trinajstić information content (AvgIpc) is 3.08. The molecule has 2 aromatic rings. The van der Waals surface area contributed by atoms with Gasteiger partial charge in [0.2, 0.25) is 5.91 Å². The van der Waals surface area contributed by atoms with Crippen molar-refractivity contribution >= 4 is 29.0 Å². The second-order valence-corrected chi connectivity index (χ2v) is 6.22. The average molecular weight is 386 g/mol. The molecule has 1 amide bonds. The topological polar surface area (TPSA) is 107 Å². The Balaban J connectivity index is 1.56. The second-order valence-electron chi connectivity index (χ2n) is 6.22. The number of non-ortho nitro benzene ring substituents is 1. The van der Waals surface area contributed by atoms with Crippen molar-refractivity contribution in [3.05, 3.63) is 70.0 Å². The number of amides is 1. The van der Waals surface area contributed by atoms with Crippen molar-refractivity contribution in [3.8, 4) is 0 Å². The van der Waals surface area contributed by atoms with Crippen LogP contribution in [0.15, 0.2) is 48.5 Å². The van der Waals surface area contributed by atoms with E-state index < -0.39 is 35.0 Å². The summed E-state index contributed by atoms with van der Waals surface area (Å²) in [4.78, 5) is 47.8. The van der Waals surface area contributed by atoms with Gasteiger partial charge in [-0.2, -0.15) is 0 Å². The number of nitro groups is 1. The monoisotopic (exact) mass is 386 g/mol. The zero-order valence-electron chi connectivity index (χ0n) is 14.5. The van der Waals surface area contributed by atoms with E-state index in [9.17, 15) is 28.9 Å². The summed E-state index contributed by atoms with van der Waals surface area (Å²) in [5.41, 5.74) is 0.497. The fourth-order valence-corrected chi connectivity index (χ4v) is 2.84. The summed E-state index contributed by atoms with van der Waals surface area (Å²) >= 11 is 0. The van der Waals surface area contributed by atoms with Gasteiger partial charge in [0, 0.05) is 36.3 Å². The molecule has 1 aliphatic heterocycles. The maximum absolute atomic E-state index is 13.0. The number of hydrogen-bond acceptors (Lipinski definition) is 6. The number of ether oxygens (including phenoxy) is 1. The fraction of sp³-hybridized carbons (Fsp3) is 0.211. The minimum Gasteiger partial charge on any atom is -0.457 e. The van der Waals surface area contributed by atoms with Crippen LogP contribution in [-0.4, -0.2) is 35.7 Å². The molecule has 0 bridgehead atoms. The van der Waals surface area contributed by atoms with E-state index in [2.05, 4.69) is 0 Å². The molecule has 0 radical (unpaired) electrons. The quantitative estimate of drug-likeness (QED) is 0.327. The van der Waals surface area contributed by atoms with Gasteiger partial charge in [0.1, 0.15) is 5.82 Å². The van der Waals surface area contributed by atoms with Gasteiger partial charge >= 0.3 is 5.97 Å². The Labute approximate surface area is 158 Å². The van der Waals surface area contributed by atoms with Crippen LogP contribution in [0.5, 0.6) is 0 Å². The number of halogens is 1. The standard InChI is InChI=1S/C19H15FN2O6/c20-14-3-7-15(8-4-14)21-10-13(9-18(21)24)19(25)28-11-17(23)12-1-5-16(6-2-12)22(26)27/h1-8,13H,9-11H2/t13-/m1/s1. The van der Waals surface area contributed by atoms with E-state index in [-0.39, 0.29) is 30.1 Å². The van der Waals surface area contributed by atoms with Crippen LogP contribution in [0.4, 0.5) is 15.8 Å². The van der Waals surface area contributed by atoms with Crippen molar-refractivity contribution in [2.24, 2.45) is 5.92 Å². The predicted octanol–water partition coefficient (Wildman–Crippen LogP) is 2.51. The maximum atomic E-state index is 13.0. The van der Waals surface area contributed by atoms with Crippen LogP contribution in [0.3, 0.4) is 0 Å². The van der Waals surface area contributed by atoms with Gasteiger partial charge in [0.05, 0.1) is 10.8 Å². The Kier molecular flexibility index (Phi) is 5.44. The number of ketones is 1. The first-order valence-electron chi connectivity index (χ1n) is 8.35. The number of carbonyl (C=O) groups excluding carboxylic acids is 3. The number of hydrogen-bond donors (Lipinski definition) is 0. The molecule has 2 aromatic carbocycles. The summed E-state index contributed by atoms with van der Waals surface area (Å²) in [5.74, 6) is -2.66. The number of nitrogens with zero attached hydrogens (tertiary/aromatic N) is 2. The van der Waals surface area contributed by atoms with Gasteiger partial charge in [0.25, 0.3) is 5.69 Å². The van der Waals surface area contributed by atoms with Gasteiger partial charge in [-0.05, 0) is 36.4 Å². The molecular weight excluding hydrogens is 371 g/mol. The Morgan fingerprint density at radius 2 is 1.79 bits per heavy atom. The lowest BCUT2D eigenvalue weighted by molar-refractivity contribution is -0.384. The first-order chi connectivity index (χ1) is 13.3. The Morgan fingerprint density at radius 3 is 2.39 bits per heavy atom. The lowest BCUT2D eigenvalue weighted by atomic mass is 10.1. The Hall–Kier alpha value is -3.62. The molecule has 0 spiro atoms. The number of carbonyl (C=O) groups is 3. The zero-order valence-corrected chi connectivity index (χ0v) is 14.5. The highest BCUT2D eigenvalue weighted by Crippen LogP contribution is 2.26. The molecule has 28 heavy (non-hydrogen) atoms. The van der Waals surface area contributed by atoms with Crippen LogP contribution in [0, 0.1) is 21.8 Å². The van der Waals surface area contributed by atoms with Crippen LogP contribution in [0.2, 0.25) is 0 Å². The highest BCUT2D eigenvalue weighted by Gasteiger charge is 2.36. The smallest absolute Gasteiger partial charge is 0.311 e. The number of nitro benzene ring substituents is 1. The third-order valence-electron chi connectivity index (χ3n) is 4.34. The molecule has 0 aliphatic carbocycles. The van der Waals surface area contributed by atoms with Crippen LogP contribution >= 0.6 is 0 Å². The third kappa shape index (κ3) is 4.20. The molecule has 1 fully saturated rings. The van der Waals surface area contributed by atoms with Crippen molar-refractivity contribution in [2.75, 3.05) is 18.1 Å². The summed E-state index contributed by atoms with van der Waals surface area (Å²) in [6, 6.07) is 10.3. The van der Waals surface area contributed by atoms with Crippen molar-refractivity contribution in [3.63, 3.8) is 0 Å². The summed E-state index contributed by atoms with van der Waals surface area (Å²) < 4.78 is 18.0. The van der Waals surface area contributed by atoms with Crippen LogP contribution in [-0.2, 0) is 14.3 Å². The highest BCUT2D eigenvalue weighted by atomic mass is 19.1. The van der Waals surface area contributed by atoms with Crippen LogP contribution in [0.1, 0.15) is 16.8 Å². The van der Waals surface area contributed by atoms with Crippen molar-refractivity contribution in [1.29, 1.82) is 0 Å². The van der Waals surface area contributed by atoms with Gasteiger partial charge < -0.3 is 9.64 Å². The molecular formula is C19H15FN2O6. The first-order valence-corrected chi connectivity index (χ1v) is 8.35. The molecule has 0 aromatic heterocycles. The van der Waals surface area contributed by atoms with E-state index in [1.165, 1.54) is 53.4 Å². The lowest BCUT2D eigenvalue weighted by Crippen LogP contribution is -2.27. The first kappa shape index (κ1) is 19.2. The SMILES string of the molecule is O=C(COC(=O)[C@@H]1CC(=O)N(c2ccc(F)cc2)C1)c1ccc([N+](=O)[O-])cc1. The minimum absolute atomic E-state index is 0.0675. The molecule has 8 nitrogen and oxygen atoms in total. The molecule has 0 unspecified atom stereocenters. The van der Waals surface area contributed by atoms with E-state index in [1.54, 1.807) is 0 Å². The van der Waals surface area contributed by atoms with E-state index in [0.29, 0.717) is 5.69 Å². The van der Waals surface area contributed by atoms with E-state index in [1.807, 2.05) is 0 Å². The third-order valence-corrected chi connectivity index (χ3v) is 4.34. The van der Waals surface area contributed by atoms with Crippen molar-refractivity contribution in [1.82, 2.24) is 0 Å². The molecule has 3 rings (SSSR count). The van der Waals surface area contributed by atoms with Gasteiger partial charge in [-0.15, -0.1) is 0 Å². The lowest BCUT2D eigenvalue weighted by Gasteiger charge is -2.16. The number of rotatable bonds is 6. The minimum atomic E-state index is -0.734. The number of Topliss-reactive ketones (excluding diaryl/α,β-unsaturated/α-hetero) is 1. The molecule has 1 aliphatic rings. The number of esters is 1. The molecule has 1 atom stereocenters. The number of benzene rings is 2. The molecule has 1 saturated heterocycles. The summed E-state index contributed by atoms with van der Waals surface area (Å²) in [6.07, 6.45) is -0.0675. The summed E-state index contributed by atoms with van der Waals surface area (Å²) in [6.45, 7) is -0.451. The van der Waals surface area contributed by atoms with E-state index >= 15 is 0 Å². The van der Waals surface area contributed by atoms with Crippen LogP contribution < -0.4 is 4.90 Å². The highest BCUT2D eigenvalue weighted by molar-refractivity contribution is 6.01. The van der Waals surface area contributed by atoms with Crippen molar-refractivity contribution < 1.29 is 28.4 Å². The summed E-state index contributed by atoms with van der Waals surface area (Å²) in [7, 11) is 0. The maximum Gasteiger partial charge on any atom is 0.311 e. The Morgan fingerprint density at radius 1 is 1.14 bits per heavy atom. The predicted molar refractivity (Wildman–Crippen MR) is 95.2 cm³/mol. The van der Waals surface area contributed by atoms with Gasteiger partial charge in [-0.1, -0.05) is 0 Å². The van der Waals surface area contributed by atoms with Crippen LogP contribution in [0.25, 0.3) is 0 Å². The molecule has 0 saturated carbocycles.